The highest BCUT2D eigenvalue weighted by atomic mass is 16.5. The average Bonchev–Trinajstić information content (AvgIpc) is 2.28. The van der Waals surface area contributed by atoms with Crippen molar-refractivity contribution in [2.45, 2.75) is 32.2 Å². The first-order chi connectivity index (χ1) is 7.22. The Balaban J connectivity index is 2.44. The second-order valence-electron chi connectivity index (χ2n) is 3.66. The molecule has 3 heteroatoms. The lowest BCUT2D eigenvalue weighted by Gasteiger charge is -2.31. The normalized spacial score (nSPS) is 24.1. The molecular weight excluding hydrogens is 190 g/mol. The number of hydrogen-bond acceptors (Lipinski definition) is 3. The zero-order valence-electron chi connectivity index (χ0n) is 9.45. The molecule has 15 heavy (non-hydrogen) atoms. The Morgan fingerprint density at radius 1 is 1.47 bits per heavy atom. The molecule has 1 aliphatic carbocycles. The van der Waals surface area contributed by atoms with Gasteiger partial charge in [-0.05, 0) is 19.8 Å². The Bertz CT molecular complexity index is 271. The molecule has 0 saturated carbocycles. The molecule has 1 rings (SSSR count). The molecule has 0 unspecified atom stereocenters. The maximum atomic E-state index is 11.2. The third-order valence-corrected chi connectivity index (χ3v) is 2.67. The third-order valence-electron chi connectivity index (χ3n) is 2.67. The van der Waals surface area contributed by atoms with E-state index in [4.69, 9.17) is 4.74 Å². The Morgan fingerprint density at radius 3 is 2.80 bits per heavy atom. The van der Waals surface area contributed by atoms with Gasteiger partial charge >= 0.3 is 5.97 Å². The highest BCUT2D eigenvalue weighted by molar-refractivity contribution is 5.71. The molecule has 0 aliphatic heterocycles. The van der Waals surface area contributed by atoms with Gasteiger partial charge in [0.05, 0.1) is 13.2 Å². The van der Waals surface area contributed by atoms with E-state index in [-0.39, 0.29) is 18.1 Å². The number of rotatable bonds is 5. The van der Waals surface area contributed by atoms with Gasteiger partial charge in [0.2, 0.25) is 0 Å². The summed E-state index contributed by atoms with van der Waals surface area (Å²) in [4.78, 5) is 11.2. The summed E-state index contributed by atoms with van der Waals surface area (Å²) in [7, 11) is 0. The third kappa shape index (κ3) is 3.51. The van der Waals surface area contributed by atoms with Gasteiger partial charge in [-0.15, -0.1) is 0 Å². The summed E-state index contributed by atoms with van der Waals surface area (Å²) < 4.78 is 4.88. The van der Waals surface area contributed by atoms with E-state index in [1.807, 2.05) is 19.1 Å². The molecule has 0 fully saturated rings. The van der Waals surface area contributed by atoms with Gasteiger partial charge in [0.15, 0.2) is 0 Å². The minimum absolute atomic E-state index is 0.0679. The predicted molar refractivity (Wildman–Crippen MR) is 60.6 cm³/mol. The van der Waals surface area contributed by atoms with Crippen molar-refractivity contribution >= 4 is 5.97 Å². The lowest BCUT2D eigenvalue weighted by Crippen LogP contribution is -2.46. The number of carbonyl (C=O) groups excluding carboxylic acids is 1. The Hall–Kier alpha value is -1.09. The van der Waals surface area contributed by atoms with Crippen LogP contribution in [0.4, 0.5) is 0 Å². The lowest BCUT2D eigenvalue weighted by molar-refractivity contribution is -0.142. The Labute approximate surface area is 91.2 Å². The summed E-state index contributed by atoms with van der Waals surface area (Å²) in [6, 6.07) is 0. The van der Waals surface area contributed by atoms with E-state index >= 15 is 0 Å². The van der Waals surface area contributed by atoms with Gasteiger partial charge in [-0.1, -0.05) is 31.2 Å². The summed E-state index contributed by atoms with van der Waals surface area (Å²) in [6.07, 6.45) is 10.2. The summed E-state index contributed by atoms with van der Waals surface area (Å²) in [5.41, 5.74) is -0.0679. The van der Waals surface area contributed by atoms with Crippen LogP contribution in [0.2, 0.25) is 0 Å². The largest absolute Gasteiger partial charge is 0.465 e. The van der Waals surface area contributed by atoms with E-state index in [1.54, 1.807) is 0 Å². The van der Waals surface area contributed by atoms with Crippen LogP contribution < -0.4 is 5.32 Å². The number of esters is 1. The SMILES string of the molecule is CCOC(=O)CN[C@@]1(CC)C=CC=CC1. The first-order valence-corrected chi connectivity index (χ1v) is 5.47. The molecule has 1 aliphatic rings. The number of hydrogen-bond donors (Lipinski definition) is 1. The van der Waals surface area contributed by atoms with Crippen molar-refractivity contribution in [1.29, 1.82) is 0 Å². The van der Waals surface area contributed by atoms with E-state index in [9.17, 15) is 4.79 Å². The predicted octanol–water partition coefficient (Wildman–Crippen LogP) is 1.80. The maximum absolute atomic E-state index is 11.2. The second kappa shape index (κ2) is 5.71. The number of ether oxygens (including phenoxy) is 1. The zero-order valence-corrected chi connectivity index (χ0v) is 9.45. The number of carbonyl (C=O) groups is 1. The Kier molecular flexibility index (Phi) is 4.56. The lowest BCUT2D eigenvalue weighted by atomic mass is 9.88. The van der Waals surface area contributed by atoms with Crippen LogP contribution in [-0.2, 0) is 9.53 Å². The van der Waals surface area contributed by atoms with Crippen molar-refractivity contribution in [3.05, 3.63) is 24.3 Å². The molecule has 0 aromatic rings. The zero-order chi connectivity index (χ0) is 11.1. The molecule has 0 aromatic carbocycles. The van der Waals surface area contributed by atoms with Crippen LogP contribution >= 0.6 is 0 Å². The first kappa shape index (κ1) is 12.0. The highest BCUT2D eigenvalue weighted by Crippen LogP contribution is 2.20. The fourth-order valence-corrected chi connectivity index (χ4v) is 1.64. The summed E-state index contributed by atoms with van der Waals surface area (Å²) in [6.45, 7) is 4.65. The Morgan fingerprint density at radius 2 is 2.27 bits per heavy atom. The van der Waals surface area contributed by atoms with Gasteiger partial charge in [-0.25, -0.2) is 0 Å². The standard InChI is InChI=1S/C12H19NO2/c1-3-12(8-6-5-7-9-12)13-10-11(14)15-4-2/h5-8,13H,3-4,9-10H2,1-2H3/t12-/m0/s1. The quantitative estimate of drug-likeness (QED) is 0.702. The van der Waals surface area contributed by atoms with Crippen molar-refractivity contribution in [3.8, 4) is 0 Å². The fraction of sp³-hybridized carbons (Fsp3) is 0.583. The molecule has 1 atom stereocenters. The minimum Gasteiger partial charge on any atom is -0.465 e. The molecule has 0 radical (unpaired) electrons. The van der Waals surface area contributed by atoms with Crippen molar-refractivity contribution in [1.82, 2.24) is 5.32 Å². The summed E-state index contributed by atoms with van der Waals surface area (Å²) >= 11 is 0. The van der Waals surface area contributed by atoms with E-state index in [1.165, 1.54) is 0 Å². The van der Waals surface area contributed by atoms with E-state index in [2.05, 4.69) is 24.4 Å². The molecule has 3 nitrogen and oxygen atoms in total. The minimum atomic E-state index is -0.187. The topological polar surface area (TPSA) is 38.3 Å². The first-order valence-electron chi connectivity index (χ1n) is 5.47. The molecule has 84 valence electrons. The second-order valence-corrected chi connectivity index (χ2v) is 3.66. The molecule has 0 bridgehead atoms. The maximum Gasteiger partial charge on any atom is 0.319 e. The van der Waals surface area contributed by atoms with E-state index in [0.29, 0.717) is 6.61 Å². The number of allylic oxidation sites excluding steroid dienone is 2. The van der Waals surface area contributed by atoms with Crippen LogP contribution in [0.1, 0.15) is 26.7 Å². The molecule has 1 N–H and O–H groups in total. The van der Waals surface area contributed by atoms with Crippen molar-refractivity contribution < 1.29 is 9.53 Å². The molecule has 0 aromatic heterocycles. The monoisotopic (exact) mass is 209 g/mol. The molecular formula is C12H19NO2. The van der Waals surface area contributed by atoms with Gasteiger partial charge in [-0.3, -0.25) is 10.1 Å². The smallest absolute Gasteiger partial charge is 0.319 e. The number of nitrogens with one attached hydrogen (secondary N) is 1. The van der Waals surface area contributed by atoms with Crippen molar-refractivity contribution in [3.63, 3.8) is 0 Å². The summed E-state index contributed by atoms with van der Waals surface area (Å²) in [5.74, 6) is -0.187. The van der Waals surface area contributed by atoms with Crippen molar-refractivity contribution in [2.24, 2.45) is 0 Å². The molecule has 0 saturated heterocycles. The van der Waals surface area contributed by atoms with Crippen LogP contribution in [0, 0.1) is 0 Å². The molecule has 0 spiro atoms. The average molecular weight is 209 g/mol. The van der Waals surface area contributed by atoms with Gasteiger partial charge in [0.1, 0.15) is 0 Å². The van der Waals surface area contributed by atoms with Crippen LogP contribution in [0.25, 0.3) is 0 Å². The van der Waals surface area contributed by atoms with Crippen LogP contribution in [-0.4, -0.2) is 24.7 Å². The summed E-state index contributed by atoms with van der Waals surface area (Å²) in [5, 5.41) is 3.26. The fourth-order valence-electron chi connectivity index (χ4n) is 1.64. The van der Waals surface area contributed by atoms with E-state index in [0.717, 1.165) is 12.8 Å². The van der Waals surface area contributed by atoms with Gasteiger partial charge in [0.25, 0.3) is 0 Å². The van der Waals surface area contributed by atoms with Gasteiger partial charge < -0.3 is 4.74 Å². The van der Waals surface area contributed by atoms with Crippen LogP contribution in [0.3, 0.4) is 0 Å². The van der Waals surface area contributed by atoms with Crippen molar-refractivity contribution in [2.75, 3.05) is 13.2 Å². The van der Waals surface area contributed by atoms with Gasteiger partial charge in [0, 0.05) is 5.54 Å². The molecule has 0 heterocycles. The van der Waals surface area contributed by atoms with Crippen LogP contribution in [0.5, 0.6) is 0 Å². The van der Waals surface area contributed by atoms with E-state index < -0.39 is 0 Å². The molecule has 0 amide bonds. The highest BCUT2D eigenvalue weighted by Gasteiger charge is 2.24. The van der Waals surface area contributed by atoms with Gasteiger partial charge in [-0.2, -0.15) is 0 Å². The van der Waals surface area contributed by atoms with Crippen LogP contribution in [0.15, 0.2) is 24.3 Å².